The van der Waals surface area contributed by atoms with Crippen LogP contribution in [-0.2, 0) is 29.9 Å². The highest BCUT2D eigenvalue weighted by Gasteiger charge is 2.35. The van der Waals surface area contributed by atoms with E-state index in [1.54, 1.807) is 24.3 Å². The van der Waals surface area contributed by atoms with Crippen LogP contribution >= 0.6 is 23.1 Å². The minimum atomic E-state index is -4.92. The Balaban J connectivity index is 1.58. The highest BCUT2D eigenvalue weighted by molar-refractivity contribution is 7.88. The van der Waals surface area contributed by atoms with Gasteiger partial charge in [-0.05, 0) is 53.8 Å². The van der Waals surface area contributed by atoms with Crippen molar-refractivity contribution in [3.8, 4) is 5.69 Å². The minimum Gasteiger partial charge on any atom is -0.292 e. The lowest BCUT2D eigenvalue weighted by Crippen LogP contribution is -2.41. The van der Waals surface area contributed by atoms with Crippen molar-refractivity contribution < 1.29 is 26.4 Å². The Kier molecular flexibility index (Phi) is 7.47. The lowest BCUT2D eigenvalue weighted by molar-refractivity contribution is -0.144. The van der Waals surface area contributed by atoms with Crippen molar-refractivity contribution in [1.82, 2.24) is 23.0 Å². The number of halogens is 4. The zero-order valence-electron chi connectivity index (χ0n) is 19.2. The van der Waals surface area contributed by atoms with Crippen LogP contribution in [0.5, 0.6) is 0 Å². The average Bonchev–Trinajstić information content (AvgIpc) is 3.25. The second-order valence-corrected chi connectivity index (χ2v) is 10.7. The van der Waals surface area contributed by atoms with Crippen LogP contribution in [0, 0.1) is 0 Å². The van der Waals surface area contributed by atoms with Gasteiger partial charge in [0.1, 0.15) is 5.69 Å². The van der Waals surface area contributed by atoms with Gasteiger partial charge in [-0.15, -0.1) is 0 Å². The first kappa shape index (κ1) is 27.5. The van der Waals surface area contributed by atoms with E-state index < -0.39 is 39.2 Å². The molecule has 0 spiro atoms. The van der Waals surface area contributed by atoms with Gasteiger partial charge in [0.2, 0.25) is 0 Å². The molecule has 0 unspecified atom stereocenters. The van der Waals surface area contributed by atoms with Crippen LogP contribution in [0.2, 0.25) is 5.02 Å². The largest absolute Gasteiger partial charge is 0.431 e. The molecule has 0 saturated carbocycles. The first-order valence-electron chi connectivity index (χ1n) is 10.6. The fourth-order valence-corrected chi connectivity index (χ4v) is 5.22. The predicted molar refractivity (Wildman–Crippen MR) is 135 cm³/mol. The molecule has 1 amide bonds. The number of nitrogens with one attached hydrogen (secondary N) is 2. The maximum atomic E-state index is 13.1. The first-order chi connectivity index (χ1) is 17.8. The number of alkyl halides is 3. The number of nitrogens with zero attached hydrogens (tertiary/aromatic N) is 3. The maximum Gasteiger partial charge on any atom is 0.431 e. The third-order valence-corrected chi connectivity index (χ3v) is 7.50. The molecule has 0 aliphatic carbocycles. The van der Waals surface area contributed by atoms with Crippen LogP contribution in [0.3, 0.4) is 0 Å². The van der Waals surface area contributed by atoms with Crippen molar-refractivity contribution in [3.05, 3.63) is 91.3 Å². The summed E-state index contributed by atoms with van der Waals surface area (Å²) < 4.78 is 73.4. The molecule has 38 heavy (non-hydrogen) atoms. The summed E-state index contributed by atoms with van der Waals surface area (Å²) in [5.41, 5.74) is -3.55. The lowest BCUT2D eigenvalue weighted by atomic mass is 10.2. The smallest absolute Gasteiger partial charge is 0.292 e. The molecule has 2 heterocycles. The molecule has 16 heteroatoms. The van der Waals surface area contributed by atoms with Gasteiger partial charge in [0, 0.05) is 30.1 Å². The molecular formula is C22H17ClF3N5O5S2. The van der Waals surface area contributed by atoms with Gasteiger partial charge >= 0.3 is 22.1 Å². The quantitative estimate of drug-likeness (QED) is 0.342. The average molecular weight is 588 g/mol. The van der Waals surface area contributed by atoms with Crippen molar-refractivity contribution in [2.45, 2.75) is 12.6 Å². The topological polar surface area (TPSA) is 132 Å². The van der Waals surface area contributed by atoms with Gasteiger partial charge in [0.05, 0.1) is 10.4 Å². The van der Waals surface area contributed by atoms with Gasteiger partial charge in [0.15, 0.2) is 5.69 Å². The van der Waals surface area contributed by atoms with Crippen LogP contribution in [-0.4, -0.2) is 34.4 Å². The monoisotopic (exact) mass is 587 g/mol. The summed E-state index contributed by atoms with van der Waals surface area (Å²) in [6.07, 6.45) is -4.60. The fourth-order valence-electron chi connectivity index (χ4n) is 3.55. The summed E-state index contributed by atoms with van der Waals surface area (Å²) in [6, 6.07) is 11.0. The number of rotatable bonds is 7. The standard InChI is InChI=1S/C22H17ClF3N5O5S2/c1-30-17(22(24,25)26)11-18(32)31(21(30)34)14-6-7-16-15(10-14)19(28-37-16)20(33)29-38(35,36)27-9-8-12-2-4-13(23)5-3-12/h2-7,10-11,27H,8-9H2,1H3,(H,29,33). The third kappa shape index (κ3) is 5.80. The van der Waals surface area contributed by atoms with Gasteiger partial charge in [0.25, 0.3) is 11.5 Å². The van der Waals surface area contributed by atoms with Crippen LogP contribution in [0.4, 0.5) is 13.2 Å². The number of hydrogen-bond acceptors (Lipinski definition) is 7. The summed E-state index contributed by atoms with van der Waals surface area (Å²) in [5.74, 6) is -1.08. The van der Waals surface area contributed by atoms with Crippen LogP contribution in [0.1, 0.15) is 21.7 Å². The summed E-state index contributed by atoms with van der Waals surface area (Å²) in [4.78, 5) is 37.8. The van der Waals surface area contributed by atoms with Crippen molar-refractivity contribution >= 4 is 49.3 Å². The number of hydrogen-bond donors (Lipinski definition) is 2. The van der Waals surface area contributed by atoms with Crippen LogP contribution in [0.25, 0.3) is 15.8 Å². The third-order valence-electron chi connectivity index (χ3n) is 5.38. The fraction of sp³-hybridized carbons (Fsp3) is 0.182. The van der Waals surface area contributed by atoms with Crippen molar-refractivity contribution in [2.24, 2.45) is 7.05 Å². The zero-order chi connectivity index (χ0) is 27.8. The Morgan fingerprint density at radius 1 is 1.11 bits per heavy atom. The minimum absolute atomic E-state index is 0.0215. The lowest BCUT2D eigenvalue weighted by Gasteiger charge is -2.14. The normalized spacial score (nSPS) is 12.1. The molecule has 200 valence electrons. The number of fused-ring (bicyclic) bond motifs is 1. The first-order valence-corrected chi connectivity index (χ1v) is 13.3. The Hall–Kier alpha value is -3.53. The van der Waals surface area contributed by atoms with E-state index in [1.807, 2.05) is 4.72 Å². The van der Waals surface area contributed by atoms with Gasteiger partial charge in [-0.2, -0.15) is 30.7 Å². The Bertz CT molecular complexity index is 1760. The van der Waals surface area contributed by atoms with Crippen molar-refractivity contribution in [1.29, 1.82) is 0 Å². The molecule has 0 saturated heterocycles. The number of aromatic nitrogens is 3. The molecule has 4 rings (SSSR count). The summed E-state index contributed by atoms with van der Waals surface area (Å²) in [6.45, 7) is -0.0215. The highest BCUT2D eigenvalue weighted by atomic mass is 35.5. The summed E-state index contributed by atoms with van der Waals surface area (Å²) >= 11 is 6.67. The number of carbonyl (C=O) groups is 1. The second kappa shape index (κ2) is 10.3. The molecule has 4 aromatic rings. The molecule has 0 aliphatic heterocycles. The molecule has 2 N–H and O–H groups in total. The molecule has 2 aromatic carbocycles. The van der Waals surface area contributed by atoms with E-state index in [0.29, 0.717) is 20.7 Å². The molecule has 0 radical (unpaired) electrons. The molecule has 0 bridgehead atoms. The molecule has 10 nitrogen and oxygen atoms in total. The molecule has 0 fully saturated rings. The zero-order valence-corrected chi connectivity index (χ0v) is 21.6. The maximum absolute atomic E-state index is 13.1. The van der Waals surface area contributed by atoms with E-state index in [0.717, 1.165) is 24.1 Å². The molecule has 2 aromatic heterocycles. The second-order valence-electron chi connectivity index (χ2n) is 7.96. The molecular weight excluding hydrogens is 571 g/mol. The van der Waals surface area contributed by atoms with E-state index in [-0.39, 0.29) is 33.9 Å². The van der Waals surface area contributed by atoms with Gasteiger partial charge in [-0.25, -0.2) is 14.1 Å². The van der Waals surface area contributed by atoms with Crippen molar-refractivity contribution in [2.75, 3.05) is 6.54 Å². The van der Waals surface area contributed by atoms with Gasteiger partial charge < -0.3 is 0 Å². The molecule has 0 atom stereocenters. The highest BCUT2D eigenvalue weighted by Crippen LogP contribution is 2.28. The number of benzene rings is 2. The number of amides is 1. The molecule has 0 aliphatic rings. The van der Waals surface area contributed by atoms with Gasteiger partial charge in [-0.1, -0.05) is 23.7 Å². The van der Waals surface area contributed by atoms with E-state index in [9.17, 15) is 36.0 Å². The summed E-state index contributed by atoms with van der Waals surface area (Å²) in [7, 11) is -3.41. The van der Waals surface area contributed by atoms with E-state index >= 15 is 0 Å². The van der Waals surface area contributed by atoms with Crippen LogP contribution in [0.15, 0.2) is 58.1 Å². The number of carbonyl (C=O) groups excluding carboxylic acids is 1. The predicted octanol–water partition coefficient (Wildman–Crippen LogP) is 2.63. The Labute approximate surface area is 221 Å². The van der Waals surface area contributed by atoms with E-state index in [2.05, 4.69) is 9.10 Å². The Morgan fingerprint density at radius 2 is 1.79 bits per heavy atom. The SMILES string of the molecule is Cn1c(C(F)(F)F)cc(=O)n(-c2ccc3snc(C(=O)NS(=O)(=O)NCCc4ccc(Cl)cc4)c3c2)c1=O. The summed E-state index contributed by atoms with van der Waals surface area (Å²) in [5, 5.41) is 0.624. The van der Waals surface area contributed by atoms with E-state index in [4.69, 9.17) is 11.6 Å². The van der Waals surface area contributed by atoms with Crippen LogP contribution < -0.4 is 20.7 Å². The van der Waals surface area contributed by atoms with Gasteiger partial charge in [-0.3, -0.25) is 14.2 Å². The Morgan fingerprint density at radius 3 is 2.45 bits per heavy atom. The van der Waals surface area contributed by atoms with E-state index in [1.165, 1.54) is 18.2 Å². The van der Waals surface area contributed by atoms with Crippen molar-refractivity contribution in [3.63, 3.8) is 0 Å².